The molecule has 0 saturated carbocycles. The van der Waals surface area contributed by atoms with E-state index in [0.29, 0.717) is 38.8 Å². The van der Waals surface area contributed by atoms with Crippen LogP contribution < -0.4 is 5.32 Å². The SMILES string of the molecule is O=C(N1CCOCC1)N1CCCC(c2cc(NCc3ccc(Cl)s3)n[nH]2)CC1. The number of H-pyrrole nitrogens is 1. The predicted octanol–water partition coefficient (Wildman–Crippen LogP) is 3.76. The Kier molecular flexibility index (Phi) is 6.39. The summed E-state index contributed by atoms with van der Waals surface area (Å²) in [5, 5.41) is 10.9. The largest absolute Gasteiger partial charge is 0.378 e. The molecule has 0 bridgehead atoms. The van der Waals surface area contributed by atoms with Gasteiger partial charge < -0.3 is 19.9 Å². The highest BCUT2D eigenvalue weighted by atomic mass is 35.5. The molecule has 4 rings (SSSR count). The Labute approximate surface area is 174 Å². The van der Waals surface area contributed by atoms with Gasteiger partial charge in [-0.3, -0.25) is 5.10 Å². The molecular weight excluding hydrogens is 398 g/mol. The van der Waals surface area contributed by atoms with Gasteiger partial charge in [0.2, 0.25) is 0 Å². The van der Waals surface area contributed by atoms with Crippen molar-refractivity contribution in [2.75, 3.05) is 44.7 Å². The lowest BCUT2D eigenvalue weighted by Gasteiger charge is -2.32. The van der Waals surface area contributed by atoms with Gasteiger partial charge in [-0.25, -0.2) is 4.79 Å². The number of urea groups is 1. The van der Waals surface area contributed by atoms with Gasteiger partial charge in [-0.1, -0.05) is 11.6 Å². The monoisotopic (exact) mass is 423 g/mol. The Morgan fingerprint density at radius 2 is 2.07 bits per heavy atom. The summed E-state index contributed by atoms with van der Waals surface area (Å²) >= 11 is 7.55. The highest BCUT2D eigenvalue weighted by molar-refractivity contribution is 7.16. The zero-order chi connectivity index (χ0) is 19.3. The lowest BCUT2D eigenvalue weighted by atomic mass is 9.97. The lowest BCUT2D eigenvalue weighted by molar-refractivity contribution is 0.0435. The average Bonchev–Trinajstić information content (AvgIpc) is 3.29. The smallest absolute Gasteiger partial charge is 0.320 e. The minimum Gasteiger partial charge on any atom is -0.378 e. The molecule has 9 heteroatoms. The molecule has 2 amide bonds. The van der Waals surface area contributed by atoms with Gasteiger partial charge in [0.05, 0.1) is 24.1 Å². The molecule has 0 spiro atoms. The summed E-state index contributed by atoms with van der Waals surface area (Å²) in [5.41, 5.74) is 1.15. The van der Waals surface area contributed by atoms with Crippen molar-refractivity contribution in [3.63, 3.8) is 0 Å². The van der Waals surface area contributed by atoms with Gasteiger partial charge in [0.15, 0.2) is 0 Å². The Bertz CT molecular complexity index is 789. The van der Waals surface area contributed by atoms with E-state index in [1.165, 1.54) is 4.88 Å². The highest BCUT2D eigenvalue weighted by Crippen LogP contribution is 2.29. The molecule has 7 nitrogen and oxygen atoms in total. The van der Waals surface area contributed by atoms with Crippen LogP contribution >= 0.6 is 22.9 Å². The second-order valence-electron chi connectivity index (χ2n) is 7.26. The van der Waals surface area contributed by atoms with E-state index < -0.39 is 0 Å². The summed E-state index contributed by atoms with van der Waals surface area (Å²) in [6.07, 6.45) is 3.03. The second-order valence-corrected chi connectivity index (χ2v) is 9.06. The molecule has 0 aromatic carbocycles. The van der Waals surface area contributed by atoms with Gasteiger partial charge in [-0.15, -0.1) is 11.3 Å². The first-order chi connectivity index (χ1) is 13.7. The number of nitrogens with zero attached hydrogens (tertiary/aromatic N) is 3. The van der Waals surface area contributed by atoms with Crippen LogP contribution in [-0.2, 0) is 11.3 Å². The Morgan fingerprint density at radius 3 is 2.86 bits per heavy atom. The number of nitrogens with one attached hydrogen (secondary N) is 2. The maximum absolute atomic E-state index is 12.7. The maximum atomic E-state index is 12.7. The normalized spacial score (nSPS) is 20.8. The second kappa shape index (κ2) is 9.15. The number of morpholine rings is 1. The van der Waals surface area contributed by atoms with Gasteiger partial charge in [-0.05, 0) is 31.4 Å². The molecule has 0 radical (unpaired) electrons. The van der Waals surface area contributed by atoms with Crippen LogP contribution in [0.25, 0.3) is 0 Å². The number of halogens is 1. The number of thiophene rings is 1. The summed E-state index contributed by atoms with van der Waals surface area (Å²) in [6, 6.07) is 6.19. The van der Waals surface area contributed by atoms with Crippen molar-refractivity contribution in [1.82, 2.24) is 20.0 Å². The quantitative estimate of drug-likeness (QED) is 0.785. The van der Waals surface area contributed by atoms with E-state index in [0.717, 1.165) is 48.2 Å². The number of aromatic amines is 1. The summed E-state index contributed by atoms with van der Waals surface area (Å²) in [6.45, 7) is 5.01. The van der Waals surface area contributed by atoms with Crippen molar-refractivity contribution in [3.05, 3.63) is 33.1 Å². The first-order valence-corrected chi connectivity index (χ1v) is 11.0. The third-order valence-corrected chi connectivity index (χ3v) is 6.62. The van der Waals surface area contributed by atoms with Crippen LogP contribution in [0.3, 0.4) is 0 Å². The third-order valence-electron chi connectivity index (χ3n) is 5.39. The number of carbonyl (C=O) groups is 1. The van der Waals surface area contributed by atoms with Gasteiger partial charge in [0, 0.05) is 48.7 Å². The number of anilines is 1. The van der Waals surface area contributed by atoms with Crippen LogP contribution in [0.1, 0.15) is 35.8 Å². The fraction of sp³-hybridized carbons (Fsp3) is 0.579. The minimum absolute atomic E-state index is 0.158. The maximum Gasteiger partial charge on any atom is 0.320 e. The van der Waals surface area contributed by atoms with Gasteiger partial charge in [0.1, 0.15) is 5.82 Å². The van der Waals surface area contributed by atoms with Gasteiger partial charge in [0.25, 0.3) is 0 Å². The summed E-state index contributed by atoms with van der Waals surface area (Å²) in [4.78, 5) is 17.8. The summed E-state index contributed by atoms with van der Waals surface area (Å²) in [7, 11) is 0. The molecule has 2 aliphatic rings. The number of ether oxygens (including phenoxy) is 1. The van der Waals surface area contributed by atoms with E-state index in [4.69, 9.17) is 16.3 Å². The van der Waals surface area contributed by atoms with Crippen molar-refractivity contribution in [3.8, 4) is 0 Å². The molecule has 2 N–H and O–H groups in total. The topological polar surface area (TPSA) is 73.5 Å². The number of rotatable bonds is 4. The van der Waals surface area contributed by atoms with Crippen LogP contribution in [0.4, 0.5) is 10.6 Å². The first kappa shape index (κ1) is 19.5. The van der Waals surface area contributed by atoms with Crippen LogP contribution in [-0.4, -0.2) is 65.4 Å². The molecular formula is C19H26ClN5O2S. The van der Waals surface area contributed by atoms with E-state index in [9.17, 15) is 4.79 Å². The third kappa shape index (κ3) is 4.79. The standard InChI is InChI=1S/C19H26ClN5O2S/c20-17-4-3-15(28-17)13-21-18-12-16(22-23-18)14-2-1-6-24(7-5-14)19(26)25-8-10-27-11-9-25/h3-4,12,14H,1-2,5-11,13H2,(H2,21,22,23). The van der Waals surface area contributed by atoms with E-state index in [1.807, 2.05) is 21.9 Å². The molecule has 2 aliphatic heterocycles. The van der Waals surface area contributed by atoms with Gasteiger partial charge in [-0.2, -0.15) is 5.10 Å². The summed E-state index contributed by atoms with van der Waals surface area (Å²) in [5.74, 6) is 1.26. The van der Waals surface area contributed by atoms with E-state index in [2.05, 4.69) is 21.6 Å². The van der Waals surface area contributed by atoms with Crippen molar-refractivity contribution in [1.29, 1.82) is 0 Å². The zero-order valence-corrected chi connectivity index (χ0v) is 17.4. The molecule has 2 aromatic heterocycles. The fourth-order valence-corrected chi connectivity index (χ4v) is 4.84. The fourth-order valence-electron chi connectivity index (χ4n) is 3.81. The average molecular weight is 424 g/mol. The van der Waals surface area contributed by atoms with Crippen LogP contribution in [0.2, 0.25) is 4.34 Å². The molecule has 2 saturated heterocycles. The van der Waals surface area contributed by atoms with Crippen LogP contribution in [0.5, 0.6) is 0 Å². The number of carbonyl (C=O) groups excluding carboxylic acids is 1. The zero-order valence-electron chi connectivity index (χ0n) is 15.8. The van der Waals surface area contributed by atoms with Crippen LogP contribution in [0, 0.1) is 0 Å². The highest BCUT2D eigenvalue weighted by Gasteiger charge is 2.26. The van der Waals surface area contributed by atoms with Gasteiger partial charge >= 0.3 is 6.03 Å². The molecule has 4 heterocycles. The Balaban J connectivity index is 1.30. The molecule has 152 valence electrons. The number of hydrogen-bond donors (Lipinski definition) is 2. The minimum atomic E-state index is 0.158. The van der Waals surface area contributed by atoms with Crippen molar-refractivity contribution < 1.29 is 9.53 Å². The number of amides is 2. The number of aromatic nitrogens is 2. The van der Waals surface area contributed by atoms with E-state index >= 15 is 0 Å². The number of hydrogen-bond acceptors (Lipinski definition) is 5. The molecule has 2 aromatic rings. The predicted molar refractivity (Wildman–Crippen MR) is 111 cm³/mol. The summed E-state index contributed by atoms with van der Waals surface area (Å²) < 4.78 is 6.15. The van der Waals surface area contributed by atoms with Crippen molar-refractivity contribution in [2.45, 2.75) is 31.7 Å². The lowest BCUT2D eigenvalue weighted by Crippen LogP contribution is -2.48. The number of likely N-dealkylation sites (tertiary alicyclic amines) is 1. The molecule has 1 unspecified atom stereocenters. The Morgan fingerprint density at radius 1 is 1.25 bits per heavy atom. The molecule has 2 fully saturated rings. The Hall–Kier alpha value is -1.77. The molecule has 1 atom stereocenters. The first-order valence-electron chi connectivity index (χ1n) is 9.84. The van der Waals surface area contributed by atoms with E-state index in [1.54, 1.807) is 11.3 Å². The van der Waals surface area contributed by atoms with Crippen molar-refractivity contribution >= 4 is 34.8 Å². The van der Waals surface area contributed by atoms with E-state index in [-0.39, 0.29) is 6.03 Å². The van der Waals surface area contributed by atoms with Crippen LogP contribution in [0.15, 0.2) is 18.2 Å². The molecule has 28 heavy (non-hydrogen) atoms. The molecule has 0 aliphatic carbocycles. The van der Waals surface area contributed by atoms with Crippen molar-refractivity contribution in [2.24, 2.45) is 0 Å².